The molecule has 12 aromatic rings. The van der Waals surface area contributed by atoms with Crippen LogP contribution >= 0.6 is 0 Å². The van der Waals surface area contributed by atoms with E-state index in [0.717, 1.165) is 71.1 Å². The average Bonchev–Trinajstić information content (AvgIpc) is 3.92. The maximum atomic E-state index is 6.50. The van der Waals surface area contributed by atoms with Gasteiger partial charge < -0.3 is 13.3 Å². The van der Waals surface area contributed by atoms with Crippen LogP contribution in [0, 0.1) is 0 Å². The van der Waals surface area contributed by atoms with Gasteiger partial charge in [-0.1, -0.05) is 121 Å². The van der Waals surface area contributed by atoms with E-state index in [1.54, 1.807) is 0 Å². The van der Waals surface area contributed by atoms with Gasteiger partial charge in [-0.3, -0.25) is 0 Å². The Morgan fingerprint density at radius 1 is 0.358 bits per heavy atom. The molecule has 0 spiro atoms. The highest BCUT2D eigenvalue weighted by molar-refractivity contribution is 6.24. The molecule has 0 radical (unpaired) electrons. The standard InChI is InChI=1S/C49H27NO3/c1-2-10-29(11-3-1)48-50-40-25-22-28-18-19-30-26-31(20-23-33(30)45(28)47(40)53-48)43-34-12-4-6-14-36(34)44(37-15-7-5-13-35(37)43)32-21-24-39-42(27-32)52-49-46(39)38-16-8-9-17-41(38)51-49/h1-27H. The van der Waals surface area contributed by atoms with E-state index in [1.807, 2.05) is 48.5 Å². The Morgan fingerprint density at radius 2 is 0.925 bits per heavy atom. The zero-order valence-electron chi connectivity index (χ0n) is 28.3. The Morgan fingerprint density at radius 3 is 1.66 bits per heavy atom. The number of aromatic nitrogens is 1. The highest BCUT2D eigenvalue weighted by Crippen LogP contribution is 2.46. The average molecular weight is 678 g/mol. The number of hydrogen-bond donors (Lipinski definition) is 0. The number of hydrogen-bond acceptors (Lipinski definition) is 4. The van der Waals surface area contributed by atoms with Crippen LogP contribution in [0.4, 0.5) is 0 Å². The van der Waals surface area contributed by atoms with Crippen LogP contribution < -0.4 is 0 Å². The number of oxazole rings is 1. The predicted molar refractivity (Wildman–Crippen MR) is 217 cm³/mol. The molecule has 0 aliphatic heterocycles. The predicted octanol–water partition coefficient (Wildman–Crippen LogP) is 14.1. The van der Waals surface area contributed by atoms with Gasteiger partial charge in [0.1, 0.15) is 16.7 Å². The van der Waals surface area contributed by atoms with E-state index in [4.69, 9.17) is 18.2 Å². The lowest BCUT2D eigenvalue weighted by Gasteiger charge is -2.18. The van der Waals surface area contributed by atoms with E-state index < -0.39 is 0 Å². The van der Waals surface area contributed by atoms with E-state index in [0.29, 0.717) is 11.7 Å². The van der Waals surface area contributed by atoms with Crippen LogP contribution in [0.5, 0.6) is 0 Å². The lowest BCUT2D eigenvalue weighted by Crippen LogP contribution is -1.91. The molecular weight excluding hydrogens is 651 g/mol. The first-order valence-electron chi connectivity index (χ1n) is 17.9. The van der Waals surface area contributed by atoms with E-state index >= 15 is 0 Å². The first-order chi connectivity index (χ1) is 26.3. The summed E-state index contributed by atoms with van der Waals surface area (Å²) in [4.78, 5) is 4.87. The van der Waals surface area contributed by atoms with E-state index in [1.165, 1.54) is 38.2 Å². The minimum absolute atomic E-state index is 0.563. The smallest absolute Gasteiger partial charge is 0.299 e. The molecule has 53 heavy (non-hydrogen) atoms. The Hall–Kier alpha value is -7.17. The monoisotopic (exact) mass is 677 g/mol. The third kappa shape index (κ3) is 4.09. The molecule has 0 amide bonds. The van der Waals surface area contributed by atoms with Gasteiger partial charge in [-0.05, 0) is 102 Å². The molecule has 3 aromatic heterocycles. The topological polar surface area (TPSA) is 52.3 Å². The first kappa shape index (κ1) is 28.5. The van der Waals surface area contributed by atoms with Crippen molar-refractivity contribution >= 4 is 87.3 Å². The van der Waals surface area contributed by atoms with Crippen molar-refractivity contribution in [3.63, 3.8) is 0 Å². The fourth-order valence-corrected chi connectivity index (χ4v) is 8.56. The van der Waals surface area contributed by atoms with Gasteiger partial charge in [-0.15, -0.1) is 0 Å². The van der Waals surface area contributed by atoms with Gasteiger partial charge >= 0.3 is 0 Å². The van der Waals surface area contributed by atoms with Crippen molar-refractivity contribution in [1.29, 1.82) is 0 Å². The summed E-state index contributed by atoms with van der Waals surface area (Å²) in [5, 5.41) is 12.4. The van der Waals surface area contributed by atoms with Gasteiger partial charge in [0.15, 0.2) is 5.58 Å². The lowest BCUT2D eigenvalue weighted by molar-refractivity contribution is 0.524. The molecule has 9 aromatic carbocycles. The maximum Gasteiger partial charge on any atom is 0.299 e. The van der Waals surface area contributed by atoms with Crippen molar-refractivity contribution in [3.05, 3.63) is 164 Å². The molecular formula is C49H27NO3. The quantitative estimate of drug-likeness (QED) is 0.138. The van der Waals surface area contributed by atoms with Crippen LogP contribution in [-0.4, -0.2) is 4.98 Å². The summed E-state index contributed by atoms with van der Waals surface area (Å²) in [6.45, 7) is 0. The van der Waals surface area contributed by atoms with Crippen molar-refractivity contribution in [1.82, 2.24) is 4.98 Å². The van der Waals surface area contributed by atoms with Gasteiger partial charge in [0.25, 0.3) is 5.78 Å². The molecule has 0 unspecified atom stereocenters. The zero-order chi connectivity index (χ0) is 34.6. The van der Waals surface area contributed by atoms with Gasteiger partial charge in [0, 0.05) is 21.7 Å². The van der Waals surface area contributed by atoms with E-state index in [9.17, 15) is 0 Å². The molecule has 0 saturated heterocycles. The number of furan rings is 2. The fourth-order valence-electron chi connectivity index (χ4n) is 8.56. The van der Waals surface area contributed by atoms with Crippen LogP contribution in [-0.2, 0) is 0 Å². The summed E-state index contributed by atoms with van der Waals surface area (Å²) in [6.07, 6.45) is 0. The van der Waals surface area contributed by atoms with Crippen molar-refractivity contribution < 1.29 is 13.3 Å². The van der Waals surface area contributed by atoms with Crippen molar-refractivity contribution in [2.75, 3.05) is 0 Å². The summed E-state index contributed by atoms with van der Waals surface area (Å²) in [7, 11) is 0. The molecule has 246 valence electrons. The van der Waals surface area contributed by atoms with Crippen LogP contribution in [0.1, 0.15) is 0 Å². The highest BCUT2D eigenvalue weighted by atomic mass is 16.5. The molecule has 4 heteroatoms. The lowest BCUT2D eigenvalue weighted by atomic mass is 9.85. The van der Waals surface area contributed by atoms with E-state index in [-0.39, 0.29) is 0 Å². The molecule has 0 atom stereocenters. The minimum atomic E-state index is 0.563. The molecule has 0 fully saturated rings. The number of nitrogens with zero attached hydrogens (tertiary/aromatic N) is 1. The number of fused-ring (bicyclic) bond motifs is 12. The number of benzene rings is 9. The molecule has 0 N–H and O–H groups in total. The van der Waals surface area contributed by atoms with Gasteiger partial charge in [0.2, 0.25) is 5.89 Å². The Bertz CT molecular complexity index is 3400. The second-order valence-electron chi connectivity index (χ2n) is 13.8. The van der Waals surface area contributed by atoms with Crippen LogP contribution in [0.25, 0.3) is 121 Å². The van der Waals surface area contributed by atoms with Gasteiger partial charge in [-0.25, -0.2) is 4.98 Å². The van der Waals surface area contributed by atoms with E-state index in [2.05, 4.69) is 115 Å². The second-order valence-corrected chi connectivity index (χ2v) is 13.8. The molecule has 0 aliphatic rings. The Kier molecular flexibility index (Phi) is 5.74. The molecule has 3 heterocycles. The van der Waals surface area contributed by atoms with Crippen molar-refractivity contribution in [3.8, 4) is 33.7 Å². The zero-order valence-corrected chi connectivity index (χ0v) is 28.3. The van der Waals surface area contributed by atoms with Gasteiger partial charge in [0.05, 0.1) is 5.39 Å². The molecule has 0 saturated carbocycles. The van der Waals surface area contributed by atoms with Crippen molar-refractivity contribution in [2.45, 2.75) is 0 Å². The third-order valence-electron chi connectivity index (χ3n) is 10.9. The Balaban J connectivity index is 1.07. The third-order valence-corrected chi connectivity index (χ3v) is 10.9. The summed E-state index contributed by atoms with van der Waals surface area (Å²) in [5.41, 5.74) is 8.97. The SMILES string of the molecule is c1ccc(-c2nc3ccc4ccc5cc(-c6c7ccccc7c(-c7ccc8c(c7)oc7oc9ccccc9c78)c7ccccc67)ccc5c4c3o2)cc1. The molecule has 12 rings (SSSR count). The van der Waals surface area contributed by atoms with Gasteiger partial charge in [-0.2, -0.15) is 0 Å². The Labute approximate surface area is 302 Å². The number of para-hydroxylation sites is 1. The molecule has 4 nitrogen and oxygen atoms in total. The summed E-state index contributed by atoms with van der Waals surface area (Å²) < 4.78 is 19.0. The maximum absolute atomic E-state index is 6.50. The fraction of sp³-hybridized carbons (Fsp3) is 0. The van der Waals surface area contributed by atoms with Crippen molar-refractivity contribution in [2.24, 2.45) is 0 Å². The summed E-state index contributed by atoms with van der Waals surface area (Å²) >= 11 is 0. The molecule has 0 bridgehead atoms. The normalized spacial score (nSPS) is 12.2. The highest BCUT2D eigenvalue weighted by Gasteiger charge is 2.21. The van der Waals surface area contributed by atoms with Crippen LogP contribution in [0.15, 0.2) is 177 Å². The number of rotatable bonds is 3. The summed E-state index contributed by atoms with van der Waals surface area (Å²) in [5.74, 6) is 1.20. The van der Waals surface area contributed by atoms with Crippen LogP contribution in [0.3, 0.4) is 0 Å². The minimum Gasteiger partial charge on any atom is -0.435 e. The molecule has 0 aliphatic carbocycles. The second kappa shape index (κ2) is 10.7. The summed E-state index contributed by atoms with van der Waals surface area (Å²) in [6, 6.07) is 57.7. The van der Waals surface area contributed by atoms with Crippen LogP contribution in [0.2, 0.25) is 0 Å². The first-order valence-corrected chi connectivity index (χ1v) is 17.9. The largest absolute Gasteiger partial charge is 0.435 e.